The molecule has 2 aliphatic carbocycles. The molecule has 182 valence electrons. The molecular weight excluding hydrogens is 595 g/mol. The molecule has 1 saturated carbocycles. The SMILES string of the molecule is CC1(C)COC(=O)[C@@H]1OC(=O)[C@H]1C[C@@H]2C[C@H]1C(C(F)(F)C(F)(F)C(F)(F)C(F)(F)Cl)=C2I. The lowest BCUT2D eigenvalue weighted by Gasteiger charge is -2.38. The Balaban J connectivity index is 1.91. The average Bonchev–Trinajstić information content (AvgIpc) is 3.27. The molecule has 4 atom stereocenters. The zero-order valence-electron chi connectivity index (χ0n) is 16.3. The lowest BCUT2D eigenvalue weighted by atomic mass is 9.81. The number of esters is 2. The highest BCUT2D eigenvalue weighted by molar-refractivity contribution is 14.1. The highest BCUT2D eigenvalue weighted by Crippen LogP contribution is 2.64. The zero-order chi connectivity index (χ0) is 24.7. The Labute approximate surface area is 195 Å². The van der Waals surface area contributed by atoms with Crippen LogP contribution in [0.15, 0.2) is 9.15 Å². The fraction of sp³-hybridized carbons (Fsp3) is 0.778. The van der Waals surface area contributed by atoms with Crippen molar-refractivity contribution in [1.82, 2.24) is 0 Å². The highest BCUT2D eigenvalue weighted by atomic mass is 127. The number of alkyl halides is 9. The number of cyclic esters (lactones) is 1. The van der Waals surface area contributed by atoms with Crippen LogP contribution in [0.3, 0.4) is 0 Å². The van der Waals surface area contributed by atoms with Crippen molar-refractivity contribution in [1.29, 1.82) is 0 Å². The van der Waals surface area contributed by atoms with Gasteiger partial charge in [0, 0.05) is 16.9 Å². The largest absolute Gasteiger partial charge is 0.462 e. The first-order valence-electron chi connectivity index (χ1n) is 9.24. The van der Waals surface area contributed by atoms with Gasteiger partial charge in [0.2, 0.25) is 6.10 Å². The Bertz CT molecular complexity index is 870. The summed E-state index contributed by atoms with van der Waals surface area (Å²) in [6, 6.07) is 0. The van der Waals surface area contributed by atoms with Gasteiger partial charge in [-0.25, -0.2) is 4.79 Å². The van der Waals surface area contributed by atoms with Gasteiger partial charge in [-0.1, -0.05) is 13.8 Å². The second kappa shape index (κ2) is 7.57. The number of rotatable bonds is 6. The molecule has 3 rings (SSSR count). The second-order valence-electron chi connectivity index (χ2n) is 8.78. The van der Waals surface area contributed by atoms with Crippen LogP contribution in [0.4, 0.5) is 35.1 Å². The van der Waals surface area contributed by atoms with E-state index < -0.39 is 73.5 Å². The van der Waals surface area contributed by atoms with Crippen LogP contribution >= 0.6 is 34.2 Å². The molecule has 0 unspecified atom stereocenters. The van der Waals surface area contributed by atoms with Gasteiger partial charge < -0.3 is 9.47 Å². The first-order valence-corrected chi connectivity index (χ1v) is 10.7. The van der Waals surface area contributed by atoms with E-state index in [1.165, 1.54) is 36.4 Å². The van der Waals surface area contributed by atoms with Crippen molar-refractivity contribution >= 4 is 46.1 Å². The van der Waals surface area contributed by atoms with Crippen molar-refractivity contribution in [3.8, 4) is 0 Å². The average molecular weight is 611 g/mol. The molecular formula is C18H16ClF8IO4. The summed E-state index contributed by atoms with van der Waals surface area (Å²) in [5, 5.41) is -5.96. The number of hydrogen-bond acceptors (Lipinski definition) is 4. The Morgan fingerprint density at radius 3 is 2.09 bits per heavy atom. The summed E-state index contributed by atoms with van der Waals surface area (Å²) in [6.07, 6.45) is -1.75. The van der Waals surface area contributed by atoms with Crippen molar-refractivity contribution in [2.75, 3.05) is 6.61 Å². The van der Waals surface area contributed by atoms with Gasteiger partial charge in [0.1, 0.15) is 6.61 Å². The standard InChI is InChI=1S/C18H16ClF8IO4/c1-14(2)5-31-13(30)11(14)32-12(29)8-4-6-3-7(8)9(10(6)28)15(20,21)16(22,23)17(24,25)18(19,26)27/h6-8,11H,3-5H2,1-2H3/t6-,7+,8-,11-/m0/s1. The third-order valence-corrected chi connectivity index (χ3v) is 7.78. The number of allylic oxidation sites excluding steroid dienone is 2. The van der Waals surface area contributed by atoms with E-state index in [0.717, 1.165) is 0 Å². The van der Waals surface area contributed by atoms with E-state index in [9.17, 15) is 44.7 Å². The van der Waals surface area contributed by atoms with Gasteiger partial charge in [0.05, 0.1) is 5.92 Å². The van der Waals surface area contributed by atoms with Gasteiger partial charge in [-0.2, -0.15) is 35.1 Å². The molecule has 0 radical (unpaired) electrons. The van der Waals surface area contributed by atoms with Gasteiger partial charge >= 0.3 is 35.1 Å². The van der Waals surface area contributed by atoms with E-state index in [0.29, 0.717) is 0 Å². The molecule has 0 aromatic heterocycles. The van der Waals surface area contributed by atoms with Crippen LogP contribution in [-0.2, 0) is 19.1 Å². The summed E-state index contributed by atoms with van der Waals surface area (Å²) in [5.41, 5.74) is -2.46. The molecule has 4 nitrogen and oxygen atoms in total. The fourth-order valence-electron chi connectivity index (χ4n) is 4.29. The predicted molar refractivity (Wildman–Crippen MR) is 101 cm³/mol. The van der Waals surface area contributed by atoms with E-state index in [2.05, 4.69) is 11.6 Å². The lowest BCUT2D eigenvalue weighted by Crippen LogP contribution is -2.61. The molecule has 0 aromatic carbocycles. The number of halogens is 10. The van der Waals surface area contributed by atoms with Crippen molar-refractivity contribution in [2.24, 2.45) is 23.2 Å². The van der Waals surface area contributed by atoms with Crippen LogP contribution in [0.2, 0.25) is 0 Å². The Hall–Kier alpha value is -0.860. The summed E-state index contributed by atoms with van der Waals surface area (Å²) >= 11 is 5.29. The molecule has 1 saturated heterocycles. The number of carbonyl (C=O) groups is 2. The van der Waals surface area contributed by atoms with Gasteiger partial charge in [-0.05, 0) is 56.5 Å². The molecule has 0 N–H and O–H groups in total. The first kappa shape index (κ1) is 25.8. The quantitative estimate of drug-likeness (QED) is 0.171. The fourth-order valence-corrected chi connectivity index (χ4v) is 5.65. The molecule has 1 aliphatic heterocycles. The number of hydrogen-bond donors (Lipinski definition) is 0. The van der Waals surface area contributed by atoms with Crippen LogP contribution in [0.25, 0.3) is 0 Å². The Morgan fingerprint density at radius 2 is 1.66 bits per heavy atom. The van der Waals surface area contributed by atoms with Crippen LogP contribution < -0.4 is 0 Å². The third kappa shape index (κ3) is 3.59. The monoisotopic (exact) mass is 610 g/mol. The molecule has 0 spiro atoms. The van der Waals surface area contributed by atoms with Gasteiger partial charge in [0.25, 0.3) is 0 Å². The minimum absolute atomic E-state index is 0.0877. The van der Waals surface area contributed by atoms with Gasteiger partial charge in [-0.3, -0.25) is 4.79 Å². The summed E-state index contributed by atoms with van der Waals surface area (Å²) in [5.74, 6) is -24.9. The van der Waals surface area contributed by atoms with Gasteiger partial charge in [0.15, 0.2) is 0 Å². The Kier molecular flexibility index (Phi) is 6.09. The lowest BCUT2D eigenvalue weighted by molar-refractivity contribution is -0.339. The summed E-state index contributed by atoms with van der Waals surface area (Å²) in [6.45, 7) is 2.98. The normalized spacial score (nSPS) is 30.7. The zero-order valence-corrected chi connectivity index (χ0v) is 19.3. The van der Waals surface area contributed by atoms with Crippen molar-refractivity contribution in [2.45, 2.75) is 55.9 Å². The third-order valence-electron chi connectivity index (χ3n) is 6.08. The van der Waals surface area contributed by atoms with E-state index in [4.69, 9.17) is 9.47 Å². The molecule has 3 aliphatic rings. The van der Waals surface area contributed by atoms with E-state index >= 15 is 0 Å². The van der Waals surface area contributed by atoms with Crippen molar-refractivity contribution in [3.63, 3.8) is 0 Å². The van der Waals surface area contributed by atoms with Crippen LogP contribution in [0.1, 0.15) is 26.7 Å². The maximum Gasteiger partial charge on any atom is 0.393 e. The molecule has 1 heterocycles. The van der Waals surface area contributed by atoms with Crippen molar-refractivity contribution in [3.05, 3.63) is 9.15 Å². The van der Waals surface area contributed by atoms with Crippen LogP contribution in [-0.4, -0.2) is 47.8 Å². The Morgan fingerprint density at radius 1 is 1.09 bits per heavy atom. The minimum Gasteiger partial charge on any atom is -0.462 e. The molecule has 0 aromatic rings. The highest BCUT2D eigenvalue weighted by Gasteiger charge is 2.82. The summed E-state index contributed by atoms with van der Waals surface area (Å²) in [7, 11) is 0. The molecule has 32 heavy (non-hydrogen) atoms. The number of ether oxygens (including phenoxy) is 2. The molecule has 2 fully saturated rings. The number of carbonyl (C=O) groups excluding carboxylic acids is 2. The second-order valence-corrected chi connectivity index (χ2v) is 10.4. The van der Waals surface area contributed by atoms with Crippen molar-refractivity contribution < 1.29 is 54.2 Å². The number of fused-ring (bicyclic) bond motifs is 2. The van der Waals surface area contributed by atoms with E-state index in [1.807, 2.05) is 0 Å². The van der Waals surface area contributed by atoms with Crippen LogP contribution in [0, 0.1) is 23.2 Å². The minimum atomic E-state index is -6.59. The first-order chi connectivity index (χ1) is 14.3. The topological polar surface area (TPSA) is 52.6 Å². The summed E-state index contributed by atoms with van der Waals surface area (Å²) in [4.78, 5) is 24.4. The van der Waals surface area contributed by atoms with E-state index in [1.54, 1.807) is 0 Å². The maximum atomic E-state index is 14.8. The molecule has 2 bridgehead atoms. The maximum absolute atomic E-state index is 14.8. The van der Waals surface area contributed by atoms with Crippen LogP contribution in [0.5, 0.6) is 0 Å². The molecule has 14 heteroatoms. The van der Waals surface area contributed by atoms with Gasteiger partial charge in [-0.15, -0.1) is 0 Å². The van der Waals surface area contributed by atoms with E-state index in [-0.39, 0.29) is 19.4 Å². The molecule has 0 amide bonds. The smallest absolute Gasteiger partial charge is 0.393 e. The predicted octanol–water partition coefficient (Wildman–Crippen LogP) is 5.56. The summed E-state index contributed by atoms with van der Waals surface area (Å²) < 4.78 is 120.